The van der Waals surface area contributed by atoms with Gasteiger partial charge in [-0.3, -0.25) is 9.69 Å². The Kier molecular flexibility index (Phi) is 7.24. The van der Waals surface area contributed by atoms with Crippen LogP contribution in [0.1, 0.15) is 11.1 Å². The number of rotatable bonds is 6. The summed E-state index contributed by atoms with van der Waals surface area (Å²) >= 11 is 18.7. The maximum absolute atomic E-state index is 14.3. The zero-order valence-corrected chi connectivity index (χ0v) is 20.3. The van der Waals surface area contributed by atoms with Crippen molar-refractivity contribution in [3.63, 3.8) is 0 Å². The minimum atomic E-state index is -0.528. The Morgan fingerprint density at radius 1 is 1.12 bits per heavy atom. The lowest BCUT2D eigenvalue weighted by molar-refractivity contribution is -0.113. The zero-order chi connectivity index (χ0) is 23.5. The molecule has 4 rings (SSSR count). The third-order valence-electron chi connectivity index (χ3n) is 4.79. The summed E-state index contributed by atoms with van der Waals surface area (Å²) in [5.74, 6) is -0.0227. The summed E-state index contributed by atoms with van der Waals surface area (Å²) in [6, 6.07) is 16.5. The molecule has 1 aliphatic rings. The van der Waals surface area contributed by atoms with Crippen molar-refractivity contribution in [3.05, 3.63) is 92.6 Å². The molecule has 0 atom stereocenters. The predicted molar refractivity (Wildman–Crippen MR) is 136 cm³/mol. The van der Waals surface area contributed by atoms with E-state index in [2.05, 4.69) is 0 Å². The molecule has 0 saturated carbocycles. The van der Waals surface area contributed by atoms with Crippen molar-refractivity contribution in [3.8, 4) is 11.5 Å². The third kappa shape index (κ3) is 5.01. The minimum Gasteiger partial charge on any atom is -0.493 e. The van der Waals surface area contributed by atoms with Crippen LogP contribution in [-0.4, -0.2) is 17.3 Å². The fraction of sp³-hybridized carbons (Fsp3) is 0.0833. The zero-order valence-electron chi connectivity index (χ0n) is 17.2. The highest BCUT2D eigenvalue weighted by molar-refractivity contribution is 8.27. The van der Waals surface area contributed by atoms with E-state index in [0.29, 0.717) is 32.0 Å². The first-order chi connectivity index (χ1) is 15.9. The van der Waals surface area contributed by atoms with Crippen LogP contribution < -0.4 is 14.4 Å². The highest BCUT2D eigenvalue weighted by atomic mass is 35.5. The van der Waals surface area contributed by atoms with Crippen LogP contribution in [0.4, 0.5) is 10.1 Å². The van der Waals surface area contributed by atoms with E-state index in [1.54, 1.807) is 54.6 Å². The maximum Gasteiger partial charge on any atom is 0.270 e. The van der Waals surface area contributed by atoms with Crippen LogP contribution in [-0.2, 0) is 11.4 Å². The van der Waals surface area contributed by atoms with E-state index in [1.807, 2.05) is 0 Å². The monoisotopic (exact) mass is 519 g/mol. The third-order valence-corrected chi connectivity index (χ3v) is 6.68. The molecule has 1 heterocycles. The van der Waals surface area contributed by atoms with Crippen molar-refractivity contribution in [1.82, 2.24) is 0 Å². The first kappa shape index (κ1) is 23.6. The van der Waals surface area contributed by atoms with Crippen LogP contribution in [0.25, 0.3) is 6.08 Å². The number of methoxy groups -OCH3 is 1. The van der Waals surface area contributed by atoms with E-state index in [9.17, 15) is 9.18 Å². The van der Waals surface area contributed by atoms with Gasteiger partial charge >= 0.3 is 0 Å². The fourth-order valence-corrected chi connectivity index (χ4v) is 4.94. The number of thioether (sulfide) groups is 1. The second-order valence-corrected chi connectivity index (χ2v) is 9.39. The van der Waals surface area contributed by atoms with Crippen LogP contribution >= 0.6 is 47.2 Å². The lowest BCUT2D eigenvalue weighted by Crippen LogP contribution is -2.28. The quantitative estimate of drug-likeness (QED) is 0.256. The molecule has 168 valence electrons. The van der Waals surface area contributed by atoms with E-state index in [0.717, 1.165) is 17.3 Å². The van der Waals surface area contributed by atoms with Gasteiger partial charge in [0.2, 0.25) is 0 Å². The molecular weight excluding hydrogens is 504 g/mol. The normalized spacial score (nSPS) is 14.8. The number of halogens is 3. The van der Waals surface area contributed by atoms with Crippen LogP contribution in [0, 0.1) is 5.82 Å². The Balaban J connectivity index is 1.66. The van der Waals surface area contributed by atoms with E-state index in [1.165, 1.54) is 24.1 Å². The second kappa shape index (κ2) is 10.1. The average Bonchev–Trinajstić information content (AvgIpc) is 3.06. The van der Waals surface area contributed by atoms with Gasteiger partial charge in [0.25, 0.3) is 5.91 Å². The molecular formula is C24H16Cl2FNO3S2. The van der Waals surface area contributed by atoms with Gasteiger partial charge in [0.1, 0.15) is 12.4 Å². The molecule has 3 aromatic carbocycles. The second-order valence-electron chi connectivity index (χ2n) is 6.87. The first-order valence-electron chi connectivity index (χ1n) is 9.65. The van der Waals surface area contributed by atoms with Gasteiger partial charge in [-0.05, 0) is 36.4 Å². The molecule has 0 radical (unpaired) electrons. The molecule has 9 heteroatoms. The lowest BCUT2D eigenvalue weighted by atomic mass is 10.1. The number of benzene rings is 3. The number of hydrogen-bond acceptors (Lipinski definition) is 5. The molecule has 1 saturated heterocycles. The summed E-state index contributed by atoms with van der Waals surface area (Å²) in [4.78, 5) is 14.6. The van der Waals surface area contributed by atoms with Gasteiger partial charge in [-0.25, -0.2) is 4.39 Å². The lowest BCUT2D eigenvalue weighted by Gasteiger charge is -2.15. The average molecular weight is 520 g/mol. The van der Waals surface area contributed by atoms with Gasteiger partial charge in [0.05, 0.1) is 17.7 Å². The van der Waals surface area contributed by atoms with Crippen molar-refractivity contribution in [2.75, 3.05) is 12.0 Å². The van der Waals surface area contributed by atoms with Crippen molar-refractivity contribution >= 4 is 69.2 Å². The predicted octanol–water partition coefficient (Wildman–Crippen LogP) is 7.13. The number of para-hydroxylation sites is 2. The largest absolute Gasteiger partial charge is 0.493 e. The molecule has 4 nitrogen and oxygen atoms in total. The highest BCUT2D eigenvalue weighted by Gasteiger charge is 2.35. The number of hydrogen-bond donors (Lipinski definition) is 0. The number of carbonyl (C=O) groups is 1. The smallest absolute Gasteiger partial charge is 0.270 e. The molecule has 1 aliphatic heterocycles. The summed E-state index contributed by atoms with van der Waals surface area (Å²) in [5.41, 5.74) is 1.46. The van der Waals surface area contributed by atoms with E-state index < -0.39 is 11.7 Å². The molecule has 1 fully saturated rings. The molecule has 0 aliphatic carbocycles. The Labute approximate surface area is 209 Å². The molecule has 0 unspecified atom stereocenters. The SMILES string of the molecule is COc1cccc(/C=C2\SC(=S)N(c3ccccc3F)C2=O)c1OCc1ccc(Cl)cc1Cl. The molecule has 33 heavy (non-hydrogen) atoms. The van der Waals surface area contributed by atoms with Gasteiger partial charge in [0, 0.05) is 21.2 Å². The van der Waals surface area contributed by atoms with Gasteiger partial charge in [-0.2, -0.15) is 0 Å². The Hall–Kier alpha value is -2.58. The molecule has 3 aromatic rings. The number of amides is 1. The van der Waals surface area contributed by atoms with E-state index in [4.69, 9.17) is 44.9 Å². The summed E-state index contributed by atoms with van der Waals surface area (Å²) in [5, 5.41) is 1.00. The number of nitrogens with zero attached hydrogens (tertiary/aromatic N) is 1. The molecule has 0 spiro atoms. The minimum absolute atomic E-state index is 0.114. The van der Waals surface area contributed by atoms with Gasteiger partial charge in [0.15, 0.2) is 15.8 Å². The molecule has 1 amide bonds. The van der Waals surface area contributed by atoms with Crippen LogP contribution in [0.2, 0.25) is 10.0 Å². The highest BCUT2D eigenvalue weighted by Crippen LogP contribution is 2.40. The Morgan fingerprint density at radius 3 is 2.64 bits per heavy atom. The van der Waals surface area contributed by atoms with Crippen LogP contribution in [0.3, 0.4) is 0 Å². The summed E-state index contributed by atoms with van der Waals surface area (Å²) in [7, 11) is 1.53. The van der Waals surface area contributed by atoms with Crippen LogP contribution in [0.5, 0.6) is 11.5 Å². The van der Waals surface area contributed by atoms with Gasteiger partial charge in [-0.15, -0.1) is 0 Å². The topological polar surface area (TPSA) is 38.8 Å². The molecule has 0 aromatic heterocycles. The van der Waals surface area contributed by atoms with Crippen molar-refractivity contribution in [2.24, 2.45) is 0 Å². The van der Waals surface area contributed by atoms with Crippen LogP contribution in [0.15, 0.2) is 65.6 Å². The first-order valence-corrected chi connectivity index (χ1v) is 11.6. The van der Waals surface area contributed by atoms with E-state index >= 15 is 0 Å². The Morgan fingerprint density at radius 2 is 1.91 bits per heavy atom. The molecule has 0 bridgehead atoms. The Bertz CT molecular complexity index is 1280. The maximum atomic E-state index is 14.3. The number of anilines is 1. The van der Waals surface area contributed by atoms with Crippen molar-refractivity contribution in [2.45, 2.75) is 6.61 Å². The van der Waals surface area contributed by atoms with Gasteiger partial charge < -0.3 is 9.47 Å². The fourth-order valence-electron chi connectivity index (χ4n) is 3.20. The van der Waals surface area contributed by atoms with Gasteiger partial charge in [-0.1, -0.05) is 77.5 Å². The molecule has 0 N–H and O–H groups in total. The standard InChI is InChI=1S/C24H16Cl2FNO3S2/c1-30-20-8-4-5-14(22(20)31-13-15-9-10-16(25)12-17(15)26)11-21-23(29)28(24(32)33-21)19-7-3-2-6-18(19)27/h2-12H,13H2,1H3/b21-11-. The van der Waals surface area contributed by atoms with Crippen molar-refractivity contribution in [1.29, 1.82) is 0 Å². The number of thiocarbonyl (C=S) groups is 1. The summed E-state index contributed by atoms with van der Waals surface area (Å²) in [6.45, 7) is 0.160. The van der Waals surface area contributed by atoms with E-state index in [-0.39, 0.29) is 16.6 Å². The number of ether oxygens (including phenoxy) is 2. The number of carbonyl (C=O) groups excluding carboxylic acids is 1. The summed E-state index contributed by atoms with van der Waals surface area (Å²) < 4.78 is 26.0. The van der Waals surface area contributed by atoms with Crippen molar-refractivity contribution < 1.29 is 18.7 Å². The summed E-state index contributed by atoms with van der Waals surface area (Å²) in [6.07, 6.45) is 1.65.